The van der Waals surface area contributed by atoms with Crippen LogP contribution in [-0.2, 0) is 22.3 Å². The quantitative estimate of drug-likeness (QED) is 0.692. The van der Waals surface area contributed by atoms with Crippen molar-refractivity contribution in [2.45, 2.75) is 50.3 Å². The molecule has 0 bridgehead atoms. The molecule has 6 nitrogen and oxygen atoms in total. The Morgan fingerprint density at radius 2 is 1.64 bits per heavy atom. The van der Waals surface area contributed by atoms with Gasteiger partial charge in [0.2, 0.25) is 0 Å². The zero-order valence-electron chi connectivity index (χ0n) is 15.6. The lowest BCUT2D eigenvalue weighted by atomic mass is 9.85. The van der Waals surface area contributed by atoms with E-state index in [-0.39, 0.29) is 0 Å². The van der Waals surface area contributed by atoms with Crippen molar-refractivity contribution >= 4 is 5.97 Å². The summed E-state index contributed by atoms with van der Waals surface area (Å²) in [5, 5.41) is 29.9. The Bertz CT molecular complexity index is 862. The number of hydrogen-bond donors (Lipinski definition) is 3. The number of aliphatic hydroxyl groups is 3. The lowest BCUT2D eigenvalue weighted by molar-refractivity contribution is -0.234. The second-order valence-electron chi connectivity index (χ2n) is 7.40. The summed E-state index contributed by atoms with van der Waals surface area (Å²) < 4.78 is 11.1. The molecule has 0 aromatic heterocycles. The molecule has 3 N–H and O–H groups in total. The van der Waals surface area contributed by atoms with Gasteiger partial charge >= 0.3 is 5.97 Å². The van der Waals surface area contributed by atoms with E-state index in [2.05, 4.69) is 31.2 Å². The zero-order valence-corrected chi connectivity index (χ0v) is 15.6. The maximum absolute atomic E-state index is 12.4. The van der Waals surface area contributed by atoms with Crippen LogP contribution < -0.4 is 0 Å². The lowest BCUT2D eigenvalue weighted by Gasteiger charge is -2.44. The van der Waals surface area contributed by atoms with Crippen LogP contribution in [0, 0.1) is 0 Å². The van der Waals surface area contributed by atoms with Crippen LogP contribution in [-0.4, -0.2) is 52.3 Å². The number of fused-ring (bicyclic) bond motifs is 3. The van der Waals surface area contributed by atoms with Crippen LogP contribution >= 0.6 is 0 Å². The summed E-state index contributed by atoms with van der Waals surface area (Å²) in [5.74, 6) is -0.549. The highest BCUT2D eigenvalue weighted by Crippen LogP contribution is 2.40. The highest BCUT2D eigenvalue weighted by molar-refractivity contribution is 5.92. The number of esters is 1. The number of aryl methyl sites for hydroxylation is 1. The van der Waals surface area contributed by atoms with Gasteiger partial charge in [0.05, 0.1) is 12.2 Å². The van der Waals surface area contributed by atoms with Crippen molar-refractivity contribution in [3.63, 3.8) is 0 Å². The SMILES string of the molecule is CCc1ccc(Cc2ccc3c(c2)C2OC(CO)C(O)C(O)C2OC3=O)cc1. The number of rotatable bonds is 4. The first kappa shape index (κ1) is 19.1. The van der Waals surface area contributed by atoms with Gasteiger partial charge in [-0.25, -0.2) is 4.79 Å². The summed E-state index contributed by atoms with van der Waals surface area (Å²) in [5.41, 5.74) is 4.43. The molecule has 0 saturated carbocycles. The summed E-state index contributed by atoms with van der Waals surface area (Å²) >= 11 is 0. The first-order chi connectivity index (χ1) is 13.5. The smallest absolute Gasteiger partial charge is 0.338 e. The molecule has 5 atom stereocenters. The van der Waals surface area contributed by atoms with Gasteiger partial charge in [-0.1, -0.05) is 43.3 Å². The molecule has 2 aliphatic rings. The van der Waals surface area contributed by atoms with Crippen LogP contribution in [0.3, 0.4) is 0 Å². The van der Waals surface area contributed by atoms with Gasteiger partial charge in [0, 0.05) is 0 Å². The third kappa shape index (κ3) is 3.33. The Morgan fingerprint density at radius 3 is 2.32 bits per heavy atom. The second kappa shape index (κ2) is 7.64. The molecule has 148 valence electrons. The zero-order chi connectivity index (χ0) is 19.8. The van der Waals surface area contributed by atoms with Crippen LogP contribution in [0.15, 0.2) is 42.5 Å². The number of aliphatic hydroxyl groups excluding tert-OH is 3. The van der Waals surface area contributed by atoms with Crippen molar-refractivity contribution in [3.8, 4) is 0 Å². The van der Waals surface area contributed by atoms with E-state index in [4.69, 9.17) is 9.47 Å². The molecule has 1 fully saturated rings. The Labute approximate surface area is 163 Å². The number of carbonyl (C=O) groups is 1. The minimum absolute atomic E-state index is 0.381. The summed E-state index contributed by atoms with van der Waals surface area (Å²) in [7, 11) is 0. The number of ether oxygens (including phenoxy) is 2. The van der Waals surface area contributed by atoms with Crippen molar-refractivity contribution in [2.75, 3.05) is 6.61 Å². The molecule has 5 unspecified atom stereocenters. The minimum atomic E-state index is -1.32. The molecule has 2 aromatic carbocycles. The second-order valence-corrected chi connectivity index (χ2v) is 7.40. The highest BCUT2D eigenvalue weighted by Gasteiger charge is 2.50. The van der Waals surface area contributed by atoms with Gasteiger partial charge in [-0.15, -0.1) is 0 Å². The third-order valence-electron chi connectivity index (χ3n) is 5.59. The Hall–Kier alpha value is -2.25. The predicted molar refractivity (Wildman–Crippen MR) is 101 cm³/mol. The van der Waals surface area contributed by atoms with Crippen molar-refractivity contribution in [1.29, 1.82) is 0 Å². The van der Waals surface area contributed by atoms with Gasteiger partial charge in [-0.2, -0.15) is 0 Å². The maximum atomic E-state index is 12.4. The Balaban J connectivity index is 1.65. The van der Waals surface area contributed by atoms with E-state index in [0.29, 0.717) is 17.5 Å². The summed E-state index contributed by atoms with van der Waals surface area (Å²) in [6, 6.07) is 13.9. The van der Waals surface area contributed by atoms with E-state index >= 15 is 0 Å². The molecular weight excluding hydrogens is 360 g/mol. The fraction of sp³-hybridized carbons (Fsp3) is 0.409. The summed E-state index contributed by atoms with van der Waals surface area (Å²) in [4.78, 5) is 12.4. The van der Waals surface area contributed by atoms with Gasteiger partial charge in [-0.3, -0.25) is 0 Å². The van der Waals surface area contributed by atoms with Crippen LogP contribution in [0.25, 0.3) is 0 Å². The molecule has 6 heteroatoms. The topological polar surface area (TPSA) is 96.2 Å². The average molecular weight is 384 g/mol. The number of carbonyl (C=O) groups excluding carboxylic acids is 1. The van der Waals surface area contributed by atoms with Crippen LogP contribution in [0.4, 0.5) is 0 Å². The van der Waals surface area contributed by atoms with Crippen LogP contribution in [0.2, 0.25) is 0 Å². The van der Waals surface area contributed by atoms with E-state index in [1.54, 1.807) is 6.07 Å². The van der Waals surface area contributed by atoms with E-state index in [1.165, 1.54) is 5.56 Å². The molecule has 0 radical (unpaired) electrons. The maximum Gasteiger partial charge on any atom is 0.338 e. The fourth-order valence-corrected chi connectivity index (χ4v) is 3.93. The standard InChI is InChI=1S/C22H24O6/c1-2-12-3-5-13(6-4-12)9-14-7-8-15-16(10-14)20-21(28-22(15)26)19(25)18(24)17(11-23)27-20/h3-8,10,17-21,23-25H,2,9,11H2,1H3. The number of hydrogen-bond acceptors (Lipinski definition) is 6. The minimum Gasteiger partial charge on any atom is -0.453 e. The van der Waals surface area contributed by atoms with Gasteiger partial charge in [0.1, 0.15) is 24.4 Å². The highest BCUT2D eigenvalue weighted by atomic mass is 16.6. The van der Waals surface area contributed by atoms with Crippen molar-refractivity contribution < 1.29 is 29.6 Å². The fourth-order valence-electron chi connectivity index (χ4n) is 3.93. The summed E-state index contributed by atoms with van der Waals surface area (Å²) in [6.07, 6.45) is -3.63. The van der Waals surface area contributed by atoms with Crippen molar-refractivity contribution in [2.24, 2.45) is 0 Å². The molecule has 0 aliphatic carbocycles. The monoisotopic (exact) mass is 384 g/mol. The Kier molecular flexibility index (Phi) is 5.21. The van der Waals surface area contributed by atoms with E-state index in [0.717, 1.165) is 17.5 Å². The van der Waals surface area contributed by atoms with Crippen molar-refractivity contribution in [1.82, 2.24) is 0 Å². The molecule has 2 aromatic rings. The van der Waals surface area contributed by atoms with Crippen LogP contribution in [0.1, 0.15) is 45.6 Å². The molecule has 4 rings (SSSR count). The van der Waals surface area contributed by atoms with Gasteiger partial charge in [-0.05, 0) is 41.2 Å². The summed E-state index contributed by atoms with van der Waals surface area (Å²) in [6.45, 7) is 1.68. The molecule has 2 heterocycles. The molecule has 0 amide bonds. The Morgan fingerprint density at radius 1 is 0.964 bits per heavy atom. The molecular formula is C22H24O6. The van der Waals surface area contributed by atoms with Gasteiger partial charge in [0.15, 0.2) is 6.10 Å². The van der Waals surface area contributed by atoms with Crippen molar-refractivity contribution in [3.05, 3.63) is 70.3 Å². The van der Waals surface area contributed by atoms with E-state index in [9.17, 15) is 20.1 Å². The van der Waals surface area contributed by atoms with Gasteiger partial charge in [0.25, 0.3) is 0 Å². The normalized spacial score (nSPS) is 29.0. The van der Waals surface area contributed by atoms with Gasteiger partial charge < -0.3 is 24.8 Å². The first-order valence-corrected chi connectivity index (χ1v) is 9.56. The molecule has 28 heavy (non-hydrogen) atoms. The number of benzene rings is 2. The predicted octanol–water partition coefficient (Wildman–Crippen LogP) is 1.53. The molecule has 1 saturated heterocycles. The average Bonchev–Trinajstić information content (AvgIpc) is 2.72. The van der Waals surface area contributed by atoms with E-state index in [1.807, 2.05) is 12.1 Å². The molecule has 2 aliphatic heterocycles. The van der Waals surface area contributed by atoms with Crippen LogP contribution in [0.5, 0.6) is 0 Å². The lowest BCUT2D eigenvalue weighted by Crippen LogP contribution is -2.58. The third-order valence-corrected chi connectivity index (χ3v) is 5.59. The molecule has 0 spiro atoms. The van der Waals surface area contributed by atoms with E-state index < -0.39 is 43.1 Å². The first-order valence-electron chi connectivity index (χ1n) is 9.56. The largest absolute Gasteiger partial charge is 0.453 e.